The summed E-state index contributed by atoms with van der Waals surface area (Å²) in [5.74, 6) is 0.244. The van der Waals surface area contributed by atoms with Crippen LogP contribution < -0.4 is 10.6 Å². The number of Topliss-reactive ketones (excluding diaryl/α,β-unsaturated/α-hetero) is 1. The minimum Gasteiger partial charge on any atom is -0.372 e. The number of aryl methyl sites for hydroxylation is 1. The molecule has 0 radical (unpaired) electrons. The van der Waals surface area contributed by atoms with Gasteiger partial charge < -0.3 is 10.6 Å². The zero-order chi connectivity index (χ0) is 18.3. The average Bonchev–Trinajstić information content (AvgIpc) is 2.77. The standard InChI is InChI=1S/C23H26N2O/c1-4-15-9-11-16(12-10-15)22-21-19(13-23(2,3)14-20(21)26)24-17-7-5-6-8-18(17)25-22/h5-12,22,24-25H,4,13-14H2,1-3H3. The van der Waals surface area contributed by atoms with Crippen LogP contribution in [-0.4, -0.2) is 5.78 Å². The minimum absolute atomic E-state index is 0.0151. The largest absolute Gasteiger partial charge is 0.372 e. The third-order valence-electron chi connectivity index (χ3n) is 5.44. The van der Waals surface area contributed by atoms with Crippen LogP contribution in [-0.2, 0) is 11.2 Å². The van der Waals surface area contributed by atoms with Crippen molar-refractivity contribution in [2.24, 2.45) is 5.41 Å². The summed E-state index contributed by atoms with van der Waals surface area (Å²) in [5.41, 5.74) is 6.47. The number of fused-ring (bicyclic) bond motifs is 1. The number of anilines is 2. The molecule has 2 aromatic carbocycles. The zero-order valence-electron chi connectivity index (χ0n) is 15.7. The number of rotatable bonds is 2. The smallest absolute Gasteiger partial charge is 0.163 e. The summed E-state index contributed by atoms with van der Waals surface area (Å²) in [5, 5.41) is 7.20. The number of ketones is 1. The lowest BCUT2D eigenvalue weighted by atomic mass is 9.73. The van der Waals surface area contributed by atoms with Crippen LogP contribution in [0.25, 0.3) is 0 Å². The van der Waals surface area contributed by atoms with Crippen LogP contribution in [0.4, 0.5) is 11.4 Å². The van der Waals surface area contributed by atoms with Crippen LogP contribution in [0.15, 0.2) is 59.8 Å². The summed E-state index contributed by atoms with van der Waals surface area (Å²) in [6.07, 6.45) is 2.49. The predicted molar refractivity (Wildman–Crippen MR) is 107 cm³/mol. The van der Waals surface area contributed by atoms with Gasteiger partial charge >= 0.3 is 0 Å². The molecule has 1 heterocycles. The Bertz CT molecular complexity index is 877. The maximum Gasteiger partial charge on any atom is 0.163 e. The van der Waals surface area contributed by atoms with Gasteiger partial charge in [-0.25, -0.2) is 0 Å². The molecule has 1 aliphatic carbocycles. The first-order valence-corrected chi connectivity index (χ1v) is 9.44. The van der Waals surface area contributed by atoms with E-state index in [1.54, 1.807) is 0 Å². The lowest BCUT2D eigenvalue weighted by molar-refractivity contribution is -0.118. The molecule has 1 atom stereocenters. The van der Waals surface area contributed by atoms with Crippen molar-refractivity contribution in [2.75, 3.05) is 10.6 Å². The number of carbonyl (C=O) groups excluding carboxylic acids is 1. The number of para-hydroxylation sites is 2. The molecule has 0 saturated heterocycles. The van der Waals surface area contributed by atoms with E-state index in [4.69, 9.17) is 0 Å². The molecule has 1 aliphatic heterocycles. The first-order valence-electron chi connectivity index (χ1n) is 9.44. The van der Waals surface area contributed by atoms with Gasteiger partial charge in [0.15, 0.2) is 5.78 Å². The van der Waals surface area contributed by atoms with Gasteiger partial charge in [0.1, 0.15) is 0 Å². The quantitative estimate of drug-likeness (QED) is 0.757. The third-order valence-corrected chi connectivity index (χ3v) is 5.44. The highest BCUT2D eigenvalue weighted by atomic mass is 16.1. The van der Waals surface area contributed by atoms with E-state index in [2.05, 4.69) is 67.8 Å². The van der Waals surface area contributed by atoms with Crippen molar-refractivity contribution in [3.05, 3.63) is 70.9 Å². The summed E-state index contributed by atoms with van der Waals surface area (Å²) in [4.78, 5) is 13.1. The van der Waals surface area contributed by atoms with Crippen molar-refractivity contribution >= 4 is 17.2 Å². The van der Waals surface area contributed by atoms with Crippen LogP contribution in [0.5, 0.6) is 0 Å². The first kappa shape index (κ1) is 16.9. The molecule has 4 rings (SSSR count). The predicted octanol–water partition coefficient (Wildman–Crippen LogP) is 5.47. The molecule has 2 aromatic rings. The Morgan fingerprint density at radius 3 is 2.38 bits per heavy atom. The monoisotopic (exact) mass is 346 g/mol. The molecule has 3 nitrogen and oxygen atoms in total. The fourth-order valence-electron chi connectivity index (χ4n) is 4.09. The minimum atomic E-state index is -0.115. The molecule has 0 fully saturated rings. The topological polar surface area (TPSA) is 41.1 Å². The fraction of sp³-hybridized carbons (Fsp3) is 0.348. The van der Waals surface area contributed by atoms with Gasteiger partial charge in [0.05, 0.1) is 17.4 Å². The summed E-state index contributed by atoms with van der Waals surface area (Å²) in [6.45, 7) is 6.50. The van der Waals surface area contributed by atoms with E-state index in [-0.39, 0.29) is 17.2 Å². The molecule has 0 bridgehead atoms. The third kappa shape index (κ3) is 3.03. The van der Waals surface area contributed by atoms with Crippen LogP contribution in [0.2, 0.25) is 0 Å². The Balaban J connectivity index is 1.85. The lowest BCUT2D eigenvalue weighted by Crippen LogP contribution is -2.31. The molecule has 3 heteroatoms. The molecule has 0 aromatic heterocycles. The molecule has 134 valence electrons. The molecule has 0 amide bonds. The second-order valence-electron chi connectivity index (χ2n) is 8.18. The van der Waals surface area contributed by atoms with Crippen LogP contribution >= 0.6 is 0 Å². The van der Waals surface area contributed by atoms with E-state index in [0.717, 1.165) is 41.1 Å². The Morgan fingerprint density at radius 2 is 1.69 bits per heavy atom. The summed E-state index contributed by atoms with van der Waals surface area (Å²) in [7, 11) is 0. The molecule has 2 aliphatic rings. The van der Waals surface area contributed by atoms with Crippen molar-refractivity contribution in [3.63, 3.8) is 0 Å². The van der Waals surface area contributed by atoms with E-state index in [1.807, 2.05) is 12.1 Å². The molecule has 2 N–H and O–H groups in total. The number of hydrogen-bond donors (Lipinski definition) is 2. The number of hydrogen-bond acceptors (Lipinski definition) is 3. The Kier molecular flexibility index (Phi) is 4.10. The van der Waals surface area contributed by atoms with E-state index in [0.29, 0.717) is 6.42 Å². The van der Waals surface area contributed by atoms with Crippen LogP contribution in [0, 0.1) is 5.41 Å². The van der Waals surface area contributed by atoms with Gasteiger partial charge in [-0.05, 0) is 41.5 Å². The van der Waals surface area contributed by atoms with E-state index in [9.17, 15) is 4.79 Å². The Labute approximate surface area is 155 Å². The van der Waals surface area contributed by atoms with E-state index in [1.165, 1.54) is 5.56 Å². The van der Waals surface area contributed by atoms with Gasteiger partial charge in [0.25, 0.3) is 0 Å². The molecular weight excluding hydrogens is 320 g/mol. The Hall–Kier alpha value is -2.55. The number of benzene rings is 2. The van der Waals surface area contributed by atoms with Gasteiger partial charge in [-0.15, -0.1) is 0 Å². The normalized spacial score (nSPS) is 21.2. The van der Waals surface area contributed by atoms with Crippen molar-refractivity contribution < 1.29 is 4.79 Å². The SMILES string of the molecule is CCc1ccc(C2Nc3ccccc3NC3=C2C(=O)CC(C)(C)C3)cc1. The van der Waals surface area contributed by atoms with Crippen LogP contribution in [0.3, 0.4) is 0 Å². The van der Waals surface area contributed by atoms with Gasteiger partial charge in [-0.2, -0.15) is 0 Å². The van der Waals surface area contributed by atoms with E-state index >= 15 is 0 Å². The summed E-state index contributed by atoms with van der Waals surface area (Å²) < 4.78 is 0. The molecular formula is C23H26N2O. The van der Waals surface area contributed by atoms with Gasteiger partial charge in [0.2, 0.25) is 0 Å². The van der Waals surface area contributed by atoms with Crippen molar-refractivity contribution in [1.82, 2.24) is 0 Å². The van der Waals surface area contributed by atoms with Crippen molar-refractivity contribution in [3.8, 4) is 0 Å². The zero-order valence-corrected chi connectivity index (χ0v) is 15.7. The number of nitrogens with one attached hydrogen (secondary N) is 2. The first-order chi connectivity index (χ1) is 12.5. The highest BCUT2D eigenvalue weighted by Gasteiger charge is 2.38. The maximum atomic E-state index is 13.1. The van der Waals surface area contributed by atoms with Crippen molar-refractivity contribution in [1.29, 1.82) is 0 Å². The summed E-state index contributed by atoms with van der Waals surface area (Å²) >= 11 is 0. The van der Waals surface area contributed by atoms with Crippen LogP contribution in [0.1, 0.15) is 50.8 Å². The molecule has 1 unspecified atom stereocenters. The molecule has 0 spiro atoms. The summed E-state index contributed by atoms with van der Waals surface area (Å²) in [6, 6.07) is 16.7. The molecule has 26 heavy (non-hydrogen) atoms. The maximum absolute atomic E-state index is 13.1. The number of allylic oxidation sites excluding steroid dienone is 1. The Morgan fingerprint density at radius 1 is 1.00 bits per heavy atom. The van der Waals surface area contributed by atoms with Gasteiger partial charge in [0, 0.05) is 17.7 Å². The molecule has 0 saturated carbocycles. The highest BCUT2D eigenvalue weighted by molar-refractivity contribution is 6.01. The lowest BCUT2D eigenvalue weighted by Gasteiger charge is -2.34. The average molecular weight is 346 g/mol. The fourth-order valence-corrected chi connectivity index (χ4v) is 4.09. The second-order valence-corrected chi connectivity index (χ2v) is 8.18. The van der Waals surface area contributed by atoms with Gasteiger partial charge in [-0.3, -0.25) is 4.79 Å². The van der Waals surface area contributed by atoms with E-state index < -0.39 is 0 Å². The van der Waals surface area contributed by atoms with Gasteiger partial charge in [-0.1, -0.05) is 57.2 Å². The second kappa shape index (κ2) is 6.31. The van der Waals surface area contributed by atoms with Crippen molar-refractivity contribution in [2.45, 2.75) is 46.1 Å². The highest BCUT2D eigenvalue weighted by Crippen LogP contribution is 2.45. The number of carbonyl (C=O) groups is 1.